The van der Waals surface area contributed by atoms with Crippen LogP contribution >= 0.6 is 11.6 Å². The average molecular weight is 242 g/mol. The Morgan fingerprint density at radius 3 is 2.56 bits per heavy atom. The monoisotopic (exact) mass is 241 g/mol. The normalized spacial score (nSPS) is 12.6. The maximum atomic E-state index is 11.7. The van der Waals surface area contributed by atoms with Crippen molar-refractivity contribution < 1.29 is 4.79 Å². The molecule has 88 valence electrons. The van der Waals surface area contributed by atoms with Gasteiger partial charge in [-0.3, -0.25) is 14.8 Å². The van der Waals surface area contributed by atoms with E-state index in [9.17, 15) is 4.79 Å². The molecule has 1 aromatic heterocycles. The molecule has 1 aromatic rings. The number of hydrogen-bond acceptors (Lipinski definition) is 3. The number of amides is 1. The van der Waals surface area contributed by atoms with Gasteiger partial charge in [0, 0.05) is 18.4 Å². The predicted octanol–water partition coefficient (Wildman–Crippen LogP) is 2.01. The minimum atomic E-state index is -0.111. The summed E-state index contributed by atoms with van der Waals surface area (Å²) in [5, 5.41) is 0. The van der Waals surface area contributed by atoms with Gasteiger partial charge < -0.3 is 4.90 Å². The molecule has 1 amide bonds. The van der Waals surface area contributed by atoms with Gasteiger partial charge in [-0.15, -0.1) is 11.6 Å². The fourth-order valence-corrected chi connectivity index (χ4v) is 1.83. The van der Waals surface area contributed by atoms with Crippen LogP contribution in [-0.2, 0) is 4.79 Å². The number of aromatic nitrogens is 2. The van der Waals surface area contributed by atoms with Gasteiger partial charge in [-0.1, -0.05) is 0 Å². The minimum absolute atomic E-state index is 0.0111. The molecular formula is C11H16ClN3O. The summed E-state index contributed by atoms with van der Waals surface area (Å²) in [5.41, 5.74) is 0.773. The van der Waals surface area contributed by atoms with E-state index in [0.29, 0.717) is 0 Å². The van der Waals surface area contributed by atoms with Crippen molar-refractivity contribution in [2.24, 2.45) is 0 Å². The lowest BCUT2D eigenvalue weighted by molar-refractivity contribution is -0.132. The molecule has 0 radical (unpaired) electrons. The van der Waals surface area contributed by atoms with Crippen LogP contribution < -0.4 is 0 Å². The molecule has 0 N–H and O–H groups in total. The summed E-state index contributed by atoms with van der Waals surface area (Å²) in [6.07, 6.45) is 4.90. The maximum Gasteiger partial charge on any atom is 0.238 e. The van der Waals surface area contributed by atoms with Crippen LogP contribution in [0.25, 0.3) is 0 Å². The number of hydrogen-bond donors (Lipinski definition) is 0. The Labute approximate surface area is 101 Å². The van der Waals surface area contributed by atoms with E-state index in [-0.39, 0.29) is 23.9 Å². The molecule has 1 rings (SSSR count). The molecule has 5 heteroatoms. The van der Waals surface area contributed by atoms with Gasteiger partial charge in [-0.05, 0) is 20.8 Å². The van der Waals surface area contributed by atoms with E-state index in [0.717, 1.165) is 5.69 Å². The van der Waals surface area contributed by atoms with Crippen molar-refractivity contribution in [3.05, 3.63) is 24.3 Å². The van der Waals surface area contributed by atoms with E-state index in [1.54, 1.807) is 23.5 Å². The molecule has 0 unspecified atom stereocenters. The van der Waals surface area contributed by atoms with Crippen molar-refractivity contribution in [3.8, 4) is 0 Å². The van der Waals surface area contributed by atoms with E-state index in [1.807, 2.05) is 20.8 Å². The van der Waals surface area contributed by atoms with Gasteiger partial charge in [0.25, 0.3) is 0 Å². The number of carbonyl (C=O) groups is 1. The Morgan fingerprint density at radius 2 is 2.12 bits per heavy atom. The Hall–Kier alpha value is -1.16. The second-order valence-electron chi connectivity index (χ2n) is 3.83. The van der Waals surface area contributed by atoms with Gasteiger partial charge in [-0.2, -0.15) is 0 Å². The number of carbonyl (C=O) groups excluding carboxylic acids is 1. The lowest BCUT2D eigenvalue weighted by atomic mass is 10.1. The molecular weight excluding hydrogens is 226 g/mol. The fraction of sp³-hybridized carbons (Fsp3) is 0.545. The zero-order valence-electron chi connectivity index (χ0n) is 9.72. The standard InChI is InChI=1S/C11H16ClN3O/c1-8(2)15(11(16)6-12)9(3)10-7-13-4-5-14-10/h4-5,7-9H,6H2,1-3H3/t9-/m0/s1. The van der Waals surface area contributed by atoms with Crippen molar-refractivity contribution in [1.29, 1.82) is 0 Å². The first-order chi connectivity index (χ1) is 7.57. The van der Waals surface area contributed by atoms with Crippen molar-refractivity contribution in [2.75, 3.05) is 5.88 Å². The highest BCUT2D eigenvalue weighted by Gasteiger charge is 2.24. The van der Waals surface area contributed by atoms with Crippen LogP contribution in [0.3, 0.4) is 0 Å². The zero-order chi connectivity index (χ0) is 12.1. The van der Waals surface area contributed by atoms with Crippen LogP contribution in [0.2, 0.25) is 0 Å². The molecule has 1 heterocycles. The highest BCUT2D eigenvalue weighted by atomic mass is 35.5. The van der Waals surface area contributed by atoms with Gasteiger partial charge in [0.2, 0.25) is 5.91 Å². The van der Waals surface area contributed by atoms with E-state index >= 15 is 0 Å². The highest BCUT2D eigenvalue weighted by molar-refractivity contribution is 6.27. The Balaban J connectivity index is 2.92. The van der Waals surface area contributed by atoms with Crippen molar-refractivity contribution >= 4 is 17.5 Å². The van der Waals surface area contributed by atoms with Gasteiger partial charge >= 0.3 is 0 Å². The molecule has 4 nitrogen and oxygen atoms in total. The molecule has 0 saturated carbocycles. The summed E-state index contributed by atoms with van der Waals surface area (Å²) in [6.45, 7) is 5.84. The van der Waals surface area contributed by atoms with Crippen LogP contribution in [0.5, 0.6) is 0 Å². The molecule has 0 bridgehead atoms. The van der Waals surface area contributed by atoms with Gasteiger partial charge in [-0.25, -0.2) is 0 Å². The Bertz CT molecular complexity index is 342. The Kier molecular flexibility index (Phi) is 4.68. The molecule has 0 aromatic carbocycles. The average Bonchev–Trinajstić information content (AvgIpc) is 2.29. The van der Waals surface area contributed by atoms with Crippen molar-refractivity contribution in [2.45, 2.75) is 32.9 Å². The summed E-state index contributed by atoms with van der Waals surface area (Å²) in [6, 6.07) is -0.0248. The van der Waals surface area contributed by atoms with Crippen molar-refractivity contribution in [3.63, 3.8) is 0 Å². The topological polar surface area (TPSA) is 46.1 Å². The molecule has 0 saturated heterocycles. The third kappa shape index (κ3) is 2.92. The van der Waals surface area contributed by atoms with E-state index in [4.69, 9.17) is 11.6 Å². The molecule has 0 fully saturated rings. The maximum absolute atomic E-state index is 11.7. The molecule has 1 atom stereocenters. The Morgan fingerprint density at radius 1 is 1.44 bits per heavy atom. The van der Waals surface area contributed by atoms with Crippen LogP contribution in [0.4, 0.5) is 0 Å². The molecule has 0 aliphatic rings. The number of nitrogens with zero attached hydrogens (tertiary/aromatic N) is 3. The number of alkyl halides is 1. The third-order valence-electron chi connectivity index (χ3n) is 2.39. The predicted molar refractivity (Wildman–Crippen MR) is 63.1 cm³/mol. The largest absolute Gasteiger partial charge is 0.331 e. The SMILES string of the molecule is CC(C)N(C(=O)CCl)[C@@H](C)c1cnccn1. The third-order valence-corrected chi connectivity index (χ3v) is 2.62. The van der Waals surface area contributed by atoms with Gasteiger partial charge in [0.15, 0.2) is 0 Å². The summed E-state index contributed by atoms with van der Waals surface area (Å²) < 4.78 is 0. The molecule has 0 aliphatic carbocycles. The minimum Gasteiger partial charge on any atom is -0.331 e. The van der Waals surface area contributed by atoms with Crippen LogP contribution in [0.1, 0.15) is 32.5 Å². The van der Waals surface area contributed by atoms with E-state index < -0.39 is 0 Å². The first kappa shape index (κ1) is 12.9. The summed E-state index contributed by atoms with van der Waals surface area (Å²) in [4.78, 5) is 21.6. The van der Waals surface area contributed by atoms with E-state index in [1.165, 1.54) is 0 Å². The number of rotatable bonds is 4. The highest BCUT2D eigenvalue weighted by Crippen LogP contribution is 2.20. The van der Waals surface area contributed by atoms with Crippen LogP contribution in [0.15, 0.2) is 18.6 Å². The first-order valence-electron chi connectivity index (χ1n) is 5.21. The van der Waals surface area contributed by atoms with E-state index in [2.05, 4.69) is 9.97 Å². The molecule has 0 aliphatic heterocycles. The molecule has 16 heavy (non-hydrogen) atoms. The van der Waals surface area contributed by atoms with Crippen molar-refractivity contribution in [1.82, 2.24) is 14.9 Å². The molecule has 0 spiro atoms. The quantitative estimate of drug-likeness (QED) is 0.758. The lowest BCUT2D eigenvalue weighted by Gasteiger charge is -2.31. The van der Waals surface area contributed by atoms with Gasteiger partial charge in [0.05, 0.1) is 17.9 Å². The van der Waals surface area contributed by atoms with Crippen LogP contribution in [0, 0.1) is 0 Å². The first-order valence-corrected chi connectivity index (χ1v) is 5.74. The second kappa shape index (κ2) is 5.80. The summed E-state index contributed by atoms with van der Waals surface area (Å²) in [7, 11) is 0. The van der Waals surface area contributed by atoms with Gasteiger partial charge in [0.1, 0.15) is 5.88 Å². The lowest BCUT2D eigenvalue weighted by Crippen LogP contribution is -2.40. The summed E-state index contributed by atoms with van der Waals surface area (Å²) >= 11 is 5.60. The second-order valence-corrected chi connectivity index (χ2v) is 4.10. The van der Waals surface area contributed by atoms with Crippen LogP contribution in [-0.4, -0.2) is 32.7 Å². The zero-order valence-corrected chi connectivity index (χ0v) is 10.5. The summed E-state index contributed by atoms with van der Waals surface area (Å²) in [5.74, 6) is -0.0993. The smallest absolute Gasteiger partial charge is 0.238 e. The number of halogens is 1. The fourth-order valence-electron chi connectivity index (χ4n) is 1.69.